The number of furan rings is 1. The molecule has 0 aliphatic carbocycles. The zero-order chi connectivity index (χ0) is 17.5. The van der Waals surface area contributed by atoms with E-state index in [9.17, 15) is 4.79 Å². The van der Waals surface area contributed by atoms with E-state index in [-0.39, 0.29) is 12.0 Å². The van der Waals surface area contributed by atoms with Crippen LogP contribution in [0.2, 0.25) is 0 Å². The van der Waals surface area contributed by atoms with Gasteiger partial charge in [0.1, 0.15) is 6.10 Å². The highest BCUT2D eigenvalue weighted by Gasteiger charge is 2.23. The molecule has 2 fully saturated rings. The number of morpholine rings is 1. The number of amides is 1. The number of allylic oxidation sites excluding steroid dienone is 1. The summed E-state index contributed by atoms with van der Waals surface area (Å²) in [5, 5.41) is 0. The molecule has 3 rings (SSSR count). The SMILES string of the molecule is C=CCC[C@H](CN1CCCC1)Oc1ccc(C(=O)N2CCOCC2)o1. The summed E-state index contributed by atoms with van der Waals surface area (Å²) in [6.07, 6.45) is 6.27. The predicted molar refractivity (Wildman–Crippen MR) is 95.0 cm³/mol. The van der Waals surface area contributed by atoms with Crippen LogP contribution in [0.4, 0.5) is 0 Å². The molecule has 0 radical (unpaired) electrons. The van der Waals surface area contributed by atoms with Gasteiger partial charge in [-0.25, -0.2) is 0 Å². The van der Waals surface area contributed by atoms with Crippen LogP contribution in [-0.2, 0) is 4.74 Å². The molecule has 0 N–H and O–H groups in total. The molecule has 138 valence electrons. The summed E-state index contributed by atoms with van der Waals surface area (Å²) in [7, 11) is 0. The first-order chi connectivity index (χ1) is 12.3. The van der Waals surface area contributed by atoms with Crippen molar-refractivity contribution >= 4 is 5.91 Å². The Hall–Kier alpha value is -1.79. The second-order valence-corrected chi connectivity index (χ2v) is 6.64. The monoisotopic (exact) mass is 348 g/mol. The number of carbonyl (C=O) groups is 1. The molecular weight excluding hydrogens is 320 g/mol. The minimum absolute atomic E-state index is 0.0496. The van der Waals surface area contributed by atoms with Gasteiger partial charge in [0.2, 0.25) is 0 Å². The van der Waals surface area contributed by atoms with E-state index < -0.39 is 0 Å². The first-order valence-corrected chi connectivity index (χ1v) is 9.23. The number of nitrogens with zero attached hydrogens (tertiary/aromatic N) is 2. The Kier molecular flexibility index (Phi) is 6.53. The van der Waals surface area contributed by atoms with Crippen LogP contribution < -0.4 is 4.74 Å². The highest BCUT2D eigenvalue weighted by atomic mass is 16.6. The summed E-state index contributed by atoms with van der Waals surface area (Å²) in [6.45, 7) is 9.32. The Balaban J connectivity index is 1.58. The zero-order valence-electron chi connectivity index (χ0n) is 14.8. The van der Waals surface area contributed by atoms with Gasteiger partial charge in [0.25, 0.3) is 11.9 Å². The number of ether oxygens (including phenoxy) is 2. The molecule has 1 aromatic heterocycles. The number of likely N-dealkylation sites (tertiary alicyclic amines) is 1. The van der Waals surface area contributed by atoms with Crippen molar-refractivity contribution in [2.75, 3.05) is 45.9 Å². The highest BCUT2D eigenvalue weighted by Crippen LogP contribution is 2.22. The second-order valence-electron chi connectivity index (χ2n) is 6.64. The fourth-order valence-electron chi connectivity index (χ4n) is 3.33. The second kappa shape index (κ2) is 9.06. The third-order valence-electron chi connectivity index (χ3n) is 4.73. The molecule has 1 amide bonds. The van der Waals surface area contributed by atoms with Crippen molar-refractivity contribution in [3.8, 4) is 5.95 Å². The summed E-state index contributed by atoms with van der Waals surface area (Å²) >= 11 is 0. The van der Waals surface area contributed by atoms with Gasteiger partial charge in [0, 0.05) is 25.7 Å². The molecule has 1 aromatic rings. The molecule has 0 aromatic carbocycles. The molecule has 6 nitrogen and oxygen atoms in total. The average molecular weight is 348 g/mol. The summed E-state index contributed by atoms with van der Waals surface area (Å²) in [4.78, 5) is 16.6. The molecule has 0 bridgehead atoms. The van der Waals surface area contributed by atoms with Crippen molar-refractivity contribution in [3.63, 3.8) is 0 Å². The largest absolute Gasteiger partial charge is 0.460 e. The van der Waals surface area contributed by atoms with E-state index in [1.54, 1.807) is 17.0 Å². The molecule has 3 heterocycles. The summed E-state index contributed by atoms with van der Waals surface area (Å²) in [5.41, 5.74) is 0. The molecular formula is C19H28N2O4. The van der Waals surface area contributed by atoms with Gasteiger partial charge in [-0.05, 0) is 44.8 Å². The Morgan fingerprint density at radius 3 is 2.72 bits per heavy atom. The maximum absolute atomic E-state index is 12.4. The molecule has 25 heavy (non-hydrogen) atoms. The number of hydrogen-bond acceptors (Lipinski definition) is 5. The van der Waals surface area contributed by atoms with Gasteiger partial charge < -0.3 is 18.8 Å². The summed E-state index contributed by atoms with van der Waals surface area (Å²) < 4.78 is 17.0. The number of hydrogen-bond donors (Lipinski definition) is 0. The van der Waals surface area contributed by atoms with Gasteiger partial charge in [-0.1, -0.05) is 6.08 Å². The quantitative estimate of drug-likeness (QED) is 0.676. The molecule has 0 saturated carbocycles. The van der Waals surface area contributed by atoms with Crippen molar-refractivity contribution in [1.82, 2.24) is 9.80 Å². The van der Waals surface area contributed by atoms with E-state index in [1.165, 1.54) is 12.8 Å². The molecule has 2 aliphatic rings. The topological polar surface area (TPSA) is 55.2 Å². The molecule has 6 heteroatoms. The highest BCUT2D eigenvalue weighted by molar-refractivity contribution is 5.91. The lowest BCUT2D eigenvalue weighted by molar-refractivity contribution is 0.0274. The van der Waals surface area contributed by atoms with E-state index in [0.29, 0.717) is 38.0 Å². The summed E-state index contributed by atoms with van der Waals surface area (Å²) in [5.74, 6) is 0.658. The van der Waals surface area contributed by atoms with Crippen LogP contribution in [0.25, 0.3) is 0 Å². The van der Waals surface area contributed by atoms with Crippen LogP contribution in [0, 0.1) is 0 Å². The molecule has 0 spiro atoms. The molecule has 2 aliphatic heterocycles. The maximum atomic E-state index is 12.4. The van der Waals surface area contributed by atoms with Crippen molar-refractivity contribution < 1.29 is 18.7 Å². The van der Waals surface area contributed by atoms with E-state index in [2.05, 4.69) is 11.5 Å². The van der Waals surface area contributed by atoms with E-state index in [1.807, 2.05) is 6.08 Å². The predicted octanol–water partition coefficient (Wildman–Crippen LogP) is 2.56. The van der Waals surface area contributed by atoms with Crippen LogP contribution in [0.1, 0.15) is 36.2 Å². The normalized spacial score (nSPS) is 19.8. The van der Waals surface area contributed by atoms with Crippen molar-refractivity contribution in [1.29, 1.82) is 0 Å². The first kappa shape index (κ1) is 18.0. The smallest absolute Gasteiger partial charge is 0.289 e. The lowest BCUT2D eigenvalue weighted by atomic mass is 10.2. The molecule has 0 unspecified atom stereocenters. The third kappa shape index (κ3) is 5.09. The van der Waals surface area contributed by atoms with Crippen molar-refractivity contribution in [3.05, 3.63) is 30.5 Å². The Morgan fingerprint density at radius 2 is 2.00 bits per heavy atom. The van der Waals surface area contributed by atoms with E-state index in [0.717, 1.165) is 32.5 Å². The minimum Gasteiger partial charge on any atom is -0.460 e. The Labute approximate surface area is 149 Å². The van der Waals surface area contributed by atoms with Gasteiger partial charge in [-0.3, -0.25) is 9.69 Å². The van der Waals surface area contributed by atoms with Crippen molar-refractivity contribution in [2.24, 2.45) is 0 Å². The first-order valence-electron chi connectivity index (χ1n) is 9.23. The van der Waals surface area contributed by atoms with Gasteiger partial charge >= 0.3 is 0 Å². The standard InChI is InChI=1S/C19H28N2O4/c1-2-3-6-16(15-20-9-4-5-10-20)24-18-8-7-17(25-18)19(22)21-11-13-23-14-12-21/h2,7-8,16H,1,3-6,9-15H2/t16-/m1/s1. The lowest BCUT2D eigenvalue weighted by Crippen LogP contribution is -2.40. The van der Waals surface area contributed by atoms with Crippen LogP contribution in [-0.4, -0.2) is 67.7 Å². The van der Waals surface area contributed by atoms with Crippen LogP contribution in [0.3, 0.4) is 0 Å². The molecule has 1 atom stereocenters. The number of carbonyl (C=O) groups excluding carboxylic acids is 1. The lowest BCUT2D eigenvalue weighted by Gasteiger charge is -2.25. The van der Waals surface area contributed by atoms with Gasteiger partial charge in [0.15, 0.2) is 5.76 Å². The molecule has 2 saturated heterocycles. The summed E-state index contributed by atoms with van der Waals surface area (Å²) in [6, 6.07) is 3.45. The van der Waals surface area contributed by atoms with E-state index >= 15 is 0 Å². The average Bonchev–Trinajstić information content (AvgIpc) is 3.32. The van der Waals surface area contributed by atoms with Gasteiger partial charge in [0.05, 0.1) is 13.2 Å². The fourth-order valence-corrected chi connectivity index (χ4v) is 3.33. The zero-order valence-corrected chi connectivity index (χ0v) is 14.8. The minimum atomic E-state index is -0.0969. The Bertz CT molecular complexity index is 560. The number of rotatable bonds is 8. The van der Waals surface area contributed by atoms with Crippen LogP contribution >= 0.6 is 0 Å². The third-order valence-corrected chi connectivity index (χ3v) is 4.73. The fraction of sp³-hybridized carbons (Fsp3) is 0.632. The van der Waals surface area contributed by atoms with Gasteiger partial charge in [-0.15, -0.1) is 6.58 Å². The van der Waals surface area contributed by atoms with Crippen LogP contribution in [0.5, 0.6) is 5.95 Å². The van der Waals surface area contributed by atoms with Crippen LogP contribution in [0.15, 0.2) is 29.2 Å². The van der Waals surface area contributed by atoms with E-state index in [4.69, 9.17) is 13.9 Å². The Morgan fingerprint density at radius 1 is 1.24 bits per heavy atom. The van der Waals surface area contributed by atoms with Crippen molar-refractivity contribution in [2.45, 2.75) is 31.8 Å². The van der Waals surface area contributed by atoms with Gasteiger partial charge in [-0.2, -0.15) is 0 Å². The maximum Gasteiger partial charge on any atom is 0.289 e.